The summed E-state index contributed by atoms with van der Waals surface area (Å²) in [6.07, 6.45) is 1.47. The molecule has 0 saturated carbocycles. The third-order valence-corrected chi connectivity index (χ3v) is 5.88. The molecule has 0 bridgehead atoms. The van der Waals surface area contributed by atoms with Crippen molar-refractivity contribution < 1.29 is 9.59 Å². The highest BCUT2D eigenvalue weighted by Gasteiger charge is 2.32. The first-order valence-electron chi connectivity index (χ1n) is 8.69. The number of nitrogens with one attached hydrogen (secondary N) is 1. The van der Waals surface area contributed by atoms with Gasteiger partial charge in [0.15, 0.2) is 0 Å². The molecule has 1 N–H and O–H groups in total. The van der Waals surface area contributed by atoms with E-state index >= 15 is 0 Å². The zero-order chi connectivity index (χ0) is 18.7. The Morgan fingerprint density at radius 2 is 2.04 bits per heavy atom. The van der Waals surface area contributed by atoms with Crippen molar-refractivity contribution in [1.29, 1.82) is 0 Å². The largest absolute Gasteiger partial charge is 0.355 e. The molecule has 1 aromatic heterocycles. The van der Waals surface area contributed by atoms with Gasteiger partial charge in [-0.15, -0.1) is 11.3 Å². The van der Waals surface area contributed by atoms with Gasteiger partial charge in [0.2, 0.25) is 5.91 Å². The second kappa shape index (κ2) is 8.18. The smallest absolute Gasteiger partial charge is 0.265 e. The van der Waals surface area contributed by atoms with Gasteiger partial charge in [0.1, 0.15) is 4.88 Å². The van der Waals surface area contributed by atoms with Crippen LogP contribution in [0.15, 0.2) is 24.3 Å². The van der Waals surface area contributed by atoms with Crippen LogP contribution >= 0.6 is 22.9 Å². The van der Waals surface area contributed by atoms with Gasteiger partial charge < -0.3 is 10.2 Å². The molecule has 0 radical (unpaired) electrons. The first-order chi connectivity index (χ1) is 12.4. The average Bonchev–Trinajstić information content (AvgIpc) is 3.22. The van der Waals surface area contributed by atoms with E-state index in [2.05, 4.69) is 10.3 Å². The molecule has 2 aromatic rings. The Balaban J connectivity index is 1.48. The molecule has 138 valence electrons. The molecule has 5 nitrogen and oxygen atoms in total. The van der Waals surface area contributed by atoms with E-state index in [0.29, 0.717) is 36.0 Å². The number of likely N-dealkylation sites (tertiary alicyclic amines) is 1. The fourth-order valence-corrected chi connectivity index (χ4v) is 4.17. The Labute approximate surface area is 162 Å². The summed E-state index contributed by atoms with van der Waals surface area (Å²) in [7, 11) is 0. The second-order valence-corrected chi connectivity index (χ2v) is 8.19. The summed E-state index contributed by atoms with van der Waals surface area (Å²) in [6.45, 7) is 5.42. The minimum Gasteiger partial charge on any atom is -0.355 e. The van der Waals surface area contributed by atoms with Crippen LogP contribution in [0, 0.1) is 19.8 Å². The molecule has 1 fully saturated rings. The molecule has 2 heterocycles. The van der Waals surface area contributed by atoms with Gasteiger partial charge in [-0.2, -0.15) is 0 Å². The number of aromatic nitrogens is 1. The molecule has 1 aliphatic rings. The Morgan fingerprint density at radius 1 is 1.31 bits per heavy atom. The molecule has 0 aliphatic carbocycles. The lowest BCUT2D eigenvalue weighted by Crippen LogP contribution is -2.35. The van der Waals surface area contributed by atoms with Crippen molar-refractivity contribution in [3.8, 4) is 0 Å². The Morgan fingerprint density at radius 3 is 2.69 bits per heavy atom. The van der Waals surface area contributed by atoms with Crippen LogP contribution in [-0.2, 0) is 11.2 Å². The molecular weight excluding hydrogens is 370 g/mol. The highest BCUT2D eigenvalue weighted by atomic mass is 35.5. The van der Waals surface area contributed by atoms with Crippen molar-refractivity contribution in [2.75, 3.05) is 19.6 Å². The molecule has 1 aromatic carbocycles. The highest BCUT2D eigenvalue weighted by molar-refractivity contribution is 7.13. The van der Waals surface area contributed by atoms with E-state index in [1.165, 1.54) is 11.3 Å². The molecule has 26 heavy (non-hydrogen) atoms. The molecule has 3 rings (SSSR count). The van der Waals surface area contributed by atoms with Crippen LogP contribution in [0.4, 0.5) is 0 Å². The van der Waals surface area contributed by atoms with Crippen molar-refractivity contribution in [2.45, 2.75) is 26.7 Å². The van der Waals surface area contributed by atoms with Gasteiger partial charge in [-0.3, -0.25) is 9.59 Å². The fourth-order valence-electron chi connectivity index (χ4n) is 3.16. The number of carbonyl (C=O) groups is 2. The normalized spacial score (nSPS) is 16.7. The van der Waals surface area contributed by atoms with Crippen LogP contribution in [0.2, 0.25) is 5.02 Å². The molecule has 7 heteroatoms. The number of rotatable bonds is 5. The van der Waals surface area contributed by atoms with Crippen LogP contribution in [0.3, 0.4) is 0 Å². The molecule has 0 spiro atoms. The summed E-state index contributed by atoms with van der Waals surface area (Å²) in [5, 5.41) is 4.58. The lowest BCUT2D eigenvalue weighted by atomic mass is 10.1. The van der Waals surface area contributed by atoms with Gasteiger partial charge in [-0.1, -0.05) is 23.7 Å². The summed E-state index contributed by atoms with van der Waals surface area (Å²) in [5.74, 6) is -0.130. The van der Waals surface area contributed by atoms with E-state index in [4.69, 9.17) is 11.6 Å². The maximum absolute atomic E-state index is 12.6. The minimum absolute atomic E-state index is 0.00966. The predicted octanol–water partition coefficient (Wildman–Crippen LogP) is 3.23. The van der Waals surface area contributed by atoms with Gasteiger partial charge in [-0.05, 0) is 44.4 Å². The van der Waals surface area contributed by atoms with E-state index < -0.39 is 0 Å². The van der Waals surface area contributed by atoms with E-state index in [1.54, 1.807) is 4.90 Å². The average molecular weight is 392 g/mol. The number of amides is 2. The van der Waals surface area contributed by atoms with Gasteiger partial charge in [0.05, 0.1) is 16.6 Å². The summed E-state index contributed by atoms with van der Waals surface area (Å²) in [5.41, 5.74) is 1.90. The third-order valence-electron chi connectivity index (χ3n) is 4.57. The number of hydrogen-bond donors (Lipinski definition) is 1. The summed E-state index contributed by atoms with van der Waals surface area (Å²) in [4.78, 5) is 31.8. The van der Waals surface area contributed by atoms with Gasteiger partial charge in [-0.25, -0.2) is 4.98 Å². The summed E-state index contributed by atoms with van der Waals surface area (Å²) >= 11 is 7.29. The number of carbonyl (C=O) groups excluding carboxylic acids is 2. The van der Waals surface area contributed by atoms with Crippen LogP contribution < -0.4 is 5.32 Å². The zero-order valence-corrected chi connectivity index (χ0v) is 16.5. The molecule has 1 saturated heterocycles. The number of hydrogen-bond acceptors (Lipinski definition) is 4. The van der Waals surface area contributed by atoms with E-state index in [1.807, 2.05) is 38.1 Å². The summed E-state index contributed by atoms with van der Waals surface area (Å²) in [6, 6.07) is 7.62. The lowest BCUT2D eigenvalue weighted by molar-refractivity contribution is -0.124. The molecule has 1 aliphatic heterocycles. The maximum atomic E-state index is 12.6. The number of thiazole rings is 1. The minimum atomic E-state index is -0.140. The Bertz CT molecular complexity index is 804. The standard InChI is InChI=1S/C19H22ClN3O2S/c1-12-17(26-13(2)22-12)19(25)23-10-8-15(11-23)18(24)21-9-7-14-3-5-16(20)6-4-14/h3-6,15H,7-11H2,1-2H3,(H,21,24). The summed E-state index contributed by atoms with van der Waals surface area (Å²) < 4.78 is 0. The van der Waals surface area contributed by atoms with Crippen molar-refractivity contribution in [3.63, 3.8) is 0 Å². The monoisotopic (exact) mass is 391 g/mol. The fraction of sp³-hybridized carbons (Fsp3) is 0.421. The first kappa shape index (κ1) is 18.9. The topological polar surface area (TPSA) is 62.3 Å². The van der Waals surface area contributed by atoms with E-state index in [-0.39, 0.29) is 17.7 Å². The predicted molar refractivity (Wildman–Crippen MR) is 104 cm³/mol. The SMILES string of the molecule is Cc1nc(C)c(C(=O)N2CCC(C(=O)NCCc3ccc(Cl)cc3)C2)s1. The van der Waals surface area contributed by atoms with Crippen molar-refractivity contribution >= 4 is 34.8 Å². The van der Waals surface area contributed by atoms with Crippen LogP contribution in [0.1, 0.15) is 32.4 Å². The maximum Gasteiger partial charge on any atom is 0.265 e. The number of benzene rings is 1. The molecule has 1 atom stereocenters. The van der Waals surface area contributed by atoms with Crippen molar-refractivity contribution in [2.24, 2.45) is 5.92 Å². The number of nitrogens with zero attached hydrogens (tertiary/aromatic N) is 2. The number of halogens is 1. The third kappa shape index (κ3) is 4.43. The first-order valence-corrected chi connectivity index (χ1v) is 9.89. The van der Waals surface area contributed by atoms with Crippen LogP contribution in [0.5, 0.6) is 0 Å². The van der Waals surface area contributed by atoms with E-state index in [9.17, 15) is 9.59 Å². The van der Waals surface area contributed by atoms with Crippen LogP contribution in [-0.4, -0.2) is 41.3 Å². The Kier molecular flexibility index (Phi) is 5.94. The van der Waals surface area contributed by atoms with E-state index in [0.717, 1.165) is 22.7 Å². The molecule has 2 amide bonds. The van der Waals surface area contributed by atoms with Crippen molar-refractivity contribution in [1.82, 2.24) is 15.2 Å². The van der Waals surface area contributed by atoms with Crippen LogP contribution in [0.25, 0.3) is 0 Å². The van der Waals surface area contributed by atoms with Crippen molar-refractivity contribution in [3.05, 3.63) is 50.4 Å². The van der Waals surface area contributed by atoms with Gasteiger partial charge in [0.25, 0.3) is 5.91 Å². The quantitative estimate of drug-likeness (QED) is 0.851. The highest BCUT2D eigenvalue weighted by Crippen LogP contribution is 2.24. The second-order valence-electron chi connectivity index (χ2n) is 6.55. The molecular formula is C19H22ClN3O2S. The number of aryl methyl sites for hydroxylation is 2. The van der Waals surface area contributed by atoms with Gasteiger partial charge >= 0.3 is 0 Å². The Hall–Kier alpha value is -1.92. The lowest BCUT2D eigenvalue weighted by Gasteiger charge is -2.16. The zero-order valence-electron chi connectivity index (χ0n) is 14.9. The van der Waals surface area contributed by atoms with Gasteiger partial charge in [0, 0.05) is 24.7 Å². The molecule has 1 unspecified atom stereocenters.